The first-order valence-corrected chi connectivity index (χ1v) is 7.72. The molecule has 1 aromatic carbocycles. The van der Waals surface area contributed by atoms with Gasteiger partial charge in [0.15, 0.2) is 0 Å². The zero-order valence-corrected chi connectivity index (χ0v) is 12.4. The first-order valence-electron chi connectivity index (χ1n) is 7.72. The van der Waals surface area contributed by atoms with Gasteiger partial charge < -0.3 is 10.6 Å². The molecule has 1 atom stereocenters. The molecule has 2 nitrogen and oxygen atoms in total. The van der Waals surface area contributed by atoms with E-state index in [1.54, 1.807) is 0 Å². The van der Waals surface area contributed by atoms with Crippen LogP contribution in [0.2, 0.25) is 0 Å². The second-order valence-electron chi connectivity index (χ2n) is 6.02. The maximum atomic E-state index is 6.32. The lowest BCUT2D eigenvalue weighted by molar-refractivity contribution is 0.0914. The van der Waals surface area contributed by atoms with Crippen molar-refractivity contribution in [2.75, 3.05) is 19.6 Å². The number of nitrogens with two attached hydrogens (primary N) is 1. The van der Waals surface area contributed by atoms with Gasteiger partial charge >= 0.3 is 0 Å². The quantitative estimate of drug-likeness (QED) is 0.876. The zero-order valence-electron chi connectivity index (χ0n) is 12.4. The Morgan fingerprint density at radius 2 is 1.68 bits per heavy atom. The van der Waals surface area contributed by atoms with Crippen molar-refractivity contribution in [3.63, 3.8) is 0 Å². The van der Waals surface area contributed by atoms with Crippen LogP contribution < -0.4 is 5.73 Å². The van der Waals surface area contributed by atoms with E-state index < -0.39 is 0 Å². The summed E-state index contributed by atoms with van der Waals surface area (Å²) in [5, 5.41) is 0. The fourth-order valence-electron chi connectivity index (χ4n) is 3.25. The van der Waals surface area contributed by atoms with Crippen LogP contribution in [-0.2, 0) is 0 Å². The molecule has 0 amide bonds. The Kier molecular flexibility index (Phi) is 5.00. The molecular weight excluding hydrogens is 232 g/mol. The second kappa shape index (κ2) is 6.53. The molecule has 2 rings (SSSR count). The van der Waals surface area contributed by atoms with Crippen molar-refractivity contribution in [3.05, 3.63) is 35.9 Å². The van der Waals surface area contributed by atoms with Gasteiger partial charge in [0.25, 0.3) is 0 Å². The minimum absolute atomic E-state index is 0.150. The molecule has 1 fully saturated rings. The summed E-state index contributed by atoms with van der Waals surface area (Å²) in [7, 11) is 0. The number of hydrogen-bond donors (Lipinski definition) is 1. The van der Waals surface area contributed by atoms with Gasteiger partial charge in [0.1, 0.15) is 0 Å². The Bertz CT molecular complexity index is 360. The monoisotopic (exact) mass is 260 g/mol. The molecule has 1 unspecified atom stereocenters. The molecule has 0 saturated carbocycles. The van der Waals surface area contributed by atoms with Gasteiger partial charge in [0.2, 0.25) is 0 Å². The second-order valence-corrected chi connectivity index (χ2v) is 6.02. The molecule has 0 bridgehead atoms. The maximum absolute atomic E-state index is 6.32. The summed E-state index contributed by atoms with van der Waals surface area (Å²) in [5.74, 6) is 0. The number of benzene rings is 1. The zero-order chi connectivity index (χ0) is 13.7. The van der Waals surface area contributed by atoms with Crippen LogP contribution in [0.3, 0.4) is 0 Å². The SMILES string of the molecule is CCC1(CC)CCN(CC(N)c2ccccc2)CC1. The number of rotatable bonds is 5. The lowest BCUT2D eigenvalue weighted by Gasteiger charge is -2.41. The van der Waals surface area contributed by atoms with E-state index in [-0.39, 0.29) is 6.04 Å². The number of piperidine rings is 1. The Hall–Kier alpha value is -0.860. The van der Waals surface area contributed by atoms with Gasteiger partial charge in [-0.15, -0.1) is 0 Å². The fraction of sp³-hybridized carbons (Fsp3) is 0.647. The summed E-state index contributed by atoms with van der Waals surface area (Å²) in [6, 6.07) is 10.6. The predicted molar refractivity (Wildman–Crippen MR) is 82.1 cm³/mol. The molecular formula is C17H28N2. The van der Waals surface area contributed by atoms with Crippen molar-refractivity contribution in [2.24, 2.45) is 11.1 Å². The number of likely N-dealkylation sites (tertiary alicyclic amines) is 1. The molecule has 2 N–H and O–H groups in total. The normalized spacial score (nSPS) is 21.2. The van der Waals surface area contributed by atoms with Gasteiger partial charge in [-0.05, 0) is 36.9 Å². The first kappa shape index (κ1) is 14.5. The molecule has 0 aliphatic carbocycles. The van der Waals surface area contributed by atoms with Crippen molar-refractivity contribution >= 4 is 0 Å². The third-order valence-electron chi connectivity index (χ3n) is 5.10. The van der Waals surface area contributed by atoms with E-state index in [1.165, 1.54) is 44.3 Å². The van der Waals surface area contributed by atoms with Crippen LogP contribution in [0.5, 0.6) is 0 Å². The van der Waals surface area contributed by atoms with Crippen LogP contribution in [0.15, 0.2) is 30.3 Å². The molecule has 106 valence electrons. The Morgan fingerprint density at radius 3 is 2.21 bits per heavy atom. The highest BCUT2D eigenvalue weighted by Gasteiger charge is 2.31. The van der Waals surface area contributed by atoms with Gasteiger partial charge in [0, 0.05) is 12.6 Å². The average Bonchev–Trinajstić information content (AvgIpc) is 2.49. The average molecular weight is 260 g/mol. The molecule has 0 aromatic heterocycles. The molecule has 2 heteroatoms. The Morgan fingerprint density at radius 1 is 1.11 bits per heavy atom. The van der Waals surface area contributed by atoms with Crippen LogP contribution in [0.1, 0.15) is 51.1 Å². The van der Waals surface area contributed by atoms with Gasteiger partial charge in [-0.25, -0.2) is 0 Å². The fourth-order valence-corrected chi connectivity index (χ4v) is 3.25. The molecule has 0 spiro atoms. The maximum Gasteiger partial charge on any atom is 0.0424 e. The molecule has 1 aliphatic heterocycles. The minimum Gasteiger partial charge on any atom is -0.323 e. The predicted octanol–water partition coefficient (Wildman–Crippen LogP) is 3.59. The lowest BCUT2D eigenvalue weighted by Crippen LogP contribution is -2.42. The summed E-state index contributed by atoms with van der Waals surface area (Å²) in [5.41, 5.74) is 8.18. The molecule has 1 heterocycles. The van der Waals surface area contributed by atoms with Gasteiger partial charge in [-0.3, -0.25) is 0 Å². The van der Waals surface area contributed by atoms with E-state index in [0.717, 1.165) is 6.54 Å². The Balaban J connectivity index is 1.86. The van der Waals surface area contributed by atoms with Crippen molar-refractivity contribution < 1.29 is 0 Å². The summed E-state index contributed by atoms with van der Waals surface area (Å²) in [4.78, 5) is 2.54. The molecule has 19 heavy (non-hydrogen) atoms. The van der Waals surface area contributed by atoms with Crippen molar-refractivity contribution in [2.45, 2.75) is 45.6 Å². The van der Waals surface area contributed by atoms with Crippen molar-refractivity contribution in [3.8, 4) is 0 Å². The van der Waals surface area contributed by atoms with E-state index in [4.69, 9.17) is 5.73 Å². The van der Waals surface area contributed by atoms with E-state index in [1.807, 2.05) is 6.07 Å². The molecule has 1 aliphatic rings. The van der Waals surface area contributed by atoms with Gasteiger partial charge in [-0.2, -0.15) is 0 Å². The molecule has 1 saturated heterocycles. The third-order valence-corrected chi connectivity index (χ3v) is 5.10. The highest BCUT2D eigenvalue weighted by molar-refractivity contribution is 5.18. The highest BCUT2D eigenvalue weighted by atomic mass is 15.1. The minimum atomic E-state index is 0.150. The summed E-state index contributed by atoms with van der Waals surface area (Å²) in [6.07, 6.45) is 5.31. The summed E-state index contributed by atoms with van der Waals surface area (Å²) < 4.78 is 0. The highest BCUT2D eigenvalue weighted by Crippen LogP contribution is 2.38. The third kappa shape index (κ3) is 3.58. The number of hydrogen-bond acceptors (Lipinski definition) is 2. The van der Waals surface area contributed by atoms with Crippen molar-refractivity contribution in [1.29, 1.82) is 0 Å². The van der Waals surface area contributed by atoms with E-state index in [9.17, 15) is 0 Å². The van der Waals surface area contributed by atoms with Crippen LogP contribution in [-0.4, -0.2) is 24.5 Å². The van der Waals surface area contributed by atoms with Crippen LogP contribution in [0.25, 0.3) is 0 Å². The molecule has 1 aromatic rings. The summed E-state index contributed by atoms with van der Waals surface area (Å²) >= 11 is 0. The van der Waals surface area contributed by atoms with E-state index in [2.05, 4.69) is 43.0 Å². The largest absolute Gasteiger partial charge is 0.323 e. The Labute approximate surface area is 118 Å². The summed E-state index contributed by atoms with van der Waals surface area (Å²) in [6.45, 7) is 8.10. The van der Waals surface area contributed by atoms with Crippen LogP contribution >= 0.6 is 0 Å². The van der Waals surface area contributed by atoms with Gasteiger partial charge in [-0.1, -0.05) is 57.0 Å². The van der Waals surface area contributed by atoms with E-state index >= 15 is 0 Å². The lowest BCUT2D eigenvalue weighted by atomic mass is 9.74. The van der Waals surface area contributed by atoms with Crippen LogP contribution in [0, 0.1) is 5.41 Å². The van der Waals surface area contributed by atoms with Gasteiger partial charge in [0.05, 0.1) is 0 Å². The molecule has 0 radical (unpaired) electrons. The van der Waals surface area contributed by atoms with E-state index in [0.29, 0.717) is 5.41 Å². The smallest absolute Gasteiger partial charge is 0.0424 e. The number of nitrogens with zero attached hydrogens (tertiary/aromatic N) is 1. The van der Waals surface area contributed by atoms with Crippen LogP contribution in [0.4, 0.5) is 0 Å². The first-order chi connectivity index (χ1) is 9.19. The topological polar surface area (TPSA) is 29.3 Å². The standard InChI is InChI=1S/C17H28N2/c1-3-17(4-2)10-12-19(13-11-17)14-16(18)15-8-6-5-7-9-15/h5-9,16H,3-4,10-14,18H2,1-2H3. The van der Waals surface area contributed by atoms with Crippen molar-refractivity contribution in [1.82, 2.24) is 4.90 Å².